The van der Waals surface area contributed by atoms with Crippen LogP contribution in [0.3, 0.4) is 0 Å². The van der Waals surface area contributed by atoms with Gasteiger partial charge in [-0.05, 0) is 35.9 Å². The van der Waals surface area contributed by atoms with Gasteiger partial charge in [-0.15, -0.1) is 11.8 Å². The predicted molar refractivity (Wildman–Crippen MR) is 88.7 cm³/mol. The molecule has 0 saturated heterocycles. The summed E-state index contributed by atoms with van der Waals surface area (Å²) in [6.07, 6.45) is 6.18. The maximum absolute atomic E-state index is 6.08. The first-order valence-electron chi connectivity index (χ1n) is 6.65. The largest absolute Gasteiger partial charge is 0.351 e. The molecular formula is C16H12ClN3S. The van der Waals surface area contributed by atoms with Crippen LogP contribution in [0.1, 0.15) is 5.69 Å². The van der Waals surface area contributed by atoms with Crippen LogP contribution in [0.2, 0.25) is 5.28 Å². The zero-order chi connectivity index (χ0) is 14.4. The summed E-state index contributed by atoms with van der Waals surface area (Å²) in [5.74, 6) is 0.943. The number of hydrogen-bond donors (Lipinski definition) is 0. The van der Waals surface area contributed by atoms with Gasteiger partial charge in [0.25, 0.3) is 0 Å². The summed E-state index contributed by atoms with van der Waals surface area (Å²) < 4.78 is 2.11. The summed E-state index contributed by atoms with van der Waals surface area (Å²) in [4.78, 5) is 9.88. The standard InChI is InChI=1S/C16H12ClN3S/c1-20-7-6-10-9-11(4-5-13(10)20)14-15-12(3-2-8-21-15)18-16(17)19-14/h2-7,9H,8H2,1H3. The van der Waals surface area contributed by atoms with Crippen molar-refractivity contribution in [3.05, 3.63) is 47.5 Å². The molecule has 0 bridgehead atoms. The van der Waals surface area contributed by atoms with E-state index in [-0.39, 0.29) is 0 Å². The number of hydrogen-bond acceptors (Lipinski definition) is 3. The molecule has 3 aromatic rings. The zero-order valence-electron chi connectivity index (χ0n) is 11.4. The molecule has 2 aromatic heterocycles. The molecule has 0 N–H and O–H groups in total. The quantitative estimate of drug-likeness (QED) is 0.624. The molecular weight excluding hydrogens is 302 g/mol. The van der Waals surface area contributed by atoms with Gasteiger partial charge in [-0.3, -0.25) is 0 Å². The topological polar surface area (TPSA) is 30.7 Å². The molecule has 1 aromatic carbocycles. The number of fused-ring (bicyclic) bond motifs is 2. The van der Waals surface area contributed by atoms with E-state index >= 15 is 0 Å². The van der Waals surface area contributed by atoms with Gasteiger partial charge in [-0.25, -0.2) is 9.97 Å². The van der Waals surface area contributed by atoms with Gasteiger partial charge < -0.3 is 4.57 Å². The smallest absolute Gasteiger partial charge is 0.223 e. The van der Waals surface area contributed by atoms with E-state index in [0.717, 1.165) is 27.6 Å². The second kappa shape index (κ2) is 4.90. The van der Waals surface area contributed by atoms with Crippen LogP contribution < -0.4 is 0 Å². The molecule has 0 atom stereocenters. The summed E-state index contributed by atoms with van der Waals surface area (Å²) in [6.45, 7) is 0. The average Bonchev–Trinajstić information content (AvgIpc) is 2.87. The van der Waals surface area contributed by atoms with Crippen molar-refractivity contribution in [1.29, 1.82) is 0 Å². The second-order valence-corrected chi connectivity index (χ2v) is 6.34. The van der Waals surface area contributed by atoms with Gasteiger partial charge in [0.15, 0.2) is 0 Å². The SMILES string of the molecule is Cn1ccc2cc(-c3nc(Cl)nc4c3SCC=C4)ccc21. The van der Waals surface area contributed by atoms with Crippen molar-refractivity contribution in [2.24, 2.45) is 7.05 Å². The highest BCUT2D eigenvalue weighted by Crippen LogP contribution is 2.37. The van der Waals surface area contributed by atoms with Crippen molar-refractivity contribution in [2.75, 3.05) is 5.75 Å². The number of thioether (sulfide) groups is 1. The Balaban J connectivity index is 1.95. The van der Waals surface area contributed by atoms with Crippen LogP contribution in [-0.4, -0.2) is 20.3 Å². The van der Waals surface area contributed by atoms with E-state index in [2.05, 4.69) is 51.1 Å². The molecule has 0 amide bonds. The number of rotatable bonds is 1. The number of benzene rings is 1. The lowest BCUT2D eigenvalue weighted by Crippen LogP contribution is -1.99. The van der Waals surface area contributed by atoms with Gasteiger partial charge in [0.1, 0.15) is 0 Å². The lowest BCUT2D eigenvalue weighted by Gasteiger charge is -2.14. The fraction of sp³-hybridized carbons (Fsp3) is 0.125. The first-order valence-corrected chi connectivity index (χ1v) is 8.01. The lowest BCUT2D eigenvalue weighted by atomic mass is 10.1. The van der Waals surface area contributed by atoms with Gasteiger partial charge >= 0.3 is 0 Å². The Bertz CT molecular complexity index is 883. The monoisotopic (exact) mass is 313 g/mol. The van der Waals surface area contributed by atoms with E-state index in [0.29, 0.717) is 5.28 Å². The third-order valence-electron chi connectivity index (χ3n) is 3.62. The summed E-state index contributed by atoms with van der Waals surface area (Å²) in [5.41, 5.74) is 4.12. The molecule has 1 aliphatic heterocycles. The average molecular weight is 314 g/mol. The molecule has 0 unspecified atom stereocenters. The van der Waals surface area contributed by atoms with E-state index in [1.807, 2.05) is 13.1 Å². The summed E-state index contributed by atoms with van der Waals surface area (Å²) in [5, 5.41) is 1.50. The van der Waals surface area contributed by atoms with Crippen molar-refractivity contribution < 1.29 is 0 Å². The third kappa shape index (κ3) is 2.15. The Kier molecular flexibility index (Phi) is 3.01. The van der Waals surface area contributed by atoms with Crippen LogP contribution in [0.5, 0.6) is 0 Å². The minimum absolute atomic E-state index is 0.295. The summed E-state index contributed by atoms with van der Waals surface area (Å²) in [7, 11) is 2.05. The number of nitrogens with zero attached hydrogens (tertiary/aromatic N) is 3. The Morgan fingerprint density at radius 1 is 1.24 bits per heavy atom. The molecule has 0 radical (unpaired) electrons. The van der Waals surface area contributed by atoms with E-state index in [1.165, 1.54) is 10.9 Å². The Morgan fingerprint density at radius 2 is 2.14 bits per heavy atom. The van der Waals surface area contributed by atoms with Gasteiger partial charge in [0, 0.05) is 35.5 Å². The van der Waals surface area contributed by atoms with E-state index in [1.54, 1.807) is 11.8 Å². The highest BCUT2D eigenvalue weighted by atomic mass is 35.5. The van der Waals surface area contributed by atoms with Crippen LogP contribution in [0.25, 0.3) is 28.2 Å². The van der Waals surface area contributed by atoms with Gasteiger partial charge in [0.2, 0.25) is 5.28 Å². The molecule has 4 rings (SSSR count). The second-order valence-electron chi connectivity index (χ2n) is 4.97. The maximum atomic E-state index is 6.08. The van der Waals surface area contributed by atoms with E-state index in [4.69, 9.17) is 11.6 Å². The van der Waals surface area contributed by atoms with Gasteiger partial charge in [-0.2, -0.15) is 0 Å². The minimum atomic E-state index is 0.295. The van der Waals surface area contributed by atoms with Gasteiger partial charge in [0.05, 0.1) is 16.3 Å². The molecule has 5 heteroatoms. The number of halogens is 1. The zero-order valence-corrected chi connectivity index (χ0v) is 12.9. The molecule has 0 spiro atoms. The lowest BCUT2D eigenvalue weighted by molar-refractivity contribution is 0.969. The highest BCUT2D eigenvalue weighted by molar-refractivity contribution is 7.99. The van der Waals surface area contributed by atoms with Crippen molar-refractivity contribution in [2.45, 2.75) is 4.90 Å². The van der Waals surface area contributed by atoms with Crippen LogP contribution >= 0.6 is 23.4 Å². The highest BCUT2D eigenvalue weighted by Gasteiger charge is 2.17. The number of aromatic nitrogens is 3. The molecule has 1 aliphatic rings. The molecule has 0 aliphatic carbocycles. The predicted octanol–water partition coefficient (Wildman–Crippen LogP) is 4.41. The Hall–Kier alpha value is -1.78. The van der Waals surface area contributed by atoms with Crippen LogP contribution in [0, 0.1) is 0 Å². The fourth-order valence-corrected chi connectivity index (χ4v) is 3.71. The van der Waals surface area contributed by atoms with Crippen LogP contribution in [0.15, 0.2) is 41.4 Å². The molecule has 0 fully saturated rings. The minimum Gasteiger partial charge on any atom is -0.351 e. The maximum Gasteiger partial charge on any atom is 0.223 e. The van der Waals surface area contributed by atoms with E-state index < -0.39 is 0 Å². The van der Waals surface area contributed by atoms with Crippen molar-refractivity contribution in [1.82, 2.24) is 14.5 Å². The van der Waals surface area contributed by atoms with Crippen molar-refractivity contribution in [3.63, 3.8) is 0 Å². The third-order valence-corrected chi connectivity index (χ3v) is 4.84. The summed E-state index contributed by atoms with van der Waals surface area (Å²) >= 11 is 7.84. The molecule has 3 heterocycles. The Labute approximate surface area is 131 Å². The summed E-state index contributed by atoms with van der Waals surface area (Å²) in [6, 6.07) is 8.49. The van der Waals surface area contributed by atoms with Crippen LogP contribution in [0.4, 0.5) is 0 Å². The first-order chi connectivity index (χ1) is 10.2. The van der Waals surface area contributed by atoms with Crippen LogP contribution in [-0.2, 0) is 7.05 Å². The van der Waals surface area contributed by atoms with E-state index in [9.17, 15) is 0 Å². The molecule has 3 nitrogen and oxygen atoms in total. The van der Waals surface area contributed by atoms with Crippen molar-refractivity contribution in [3.8, 4) is 11.3 Å². The number of aryl methyl sites for hydroxylation is 1. The molecule has 21 heavy (non-hydrogen) atoms. The molecule has 0 saturated carbocycles. The Morgan fingerprint density at radius 3 is 3.05 bits per heavy atom. The molecule has 104 valence electrons. The normalized spacial score (nSPS) is 13.6. The fourth-order valence-electron chi connectivity index (χ4n) is 2.61. The van der Waals surface area contributed by atoms with Crippen molar-refractivity contribution >= 4 is 40.3 Å². The first kappa shape index (κ1) is 12.9. The van der Waals surface area contributed by atoms with Gasteiger partial charge in [-0.1, -0.05) is 12.1 Å².